The molecule has 0 aliphatic rings. The number of hydrogen-bond acceptors (Lipinski definition) is 3. The standard InChI is InChI=1S/C12H20N4O3/c1-5-12(2,10(17)18)14-11(19)16(4)8-9-13-6-7-15(9)3/h6-7H,5,8H2,1-4H3,(H,14,19)(H,17,18). The topological polar surface area (TPSA) is 87.5 Å². The molecule has 1 unspecified atom stereocenters. The van der Waals surface area contributed by atoms with E-state index in [2.05, 4.69) is 10.3 Å². The first-order chi connectivity index (χ1) is 8.80. The molecule has 1 atom stereocenters. The van der Waals surface area contributed by atoms with E-state index in [1.165, 1.54) is 11.8 Å². The second-order valence-electron chi connectivity index (χ2n) is 4.73. The van der Waals surface area contributed by atoms with E-state index in [-0.39, 0.29) is 0 Å². The highest BCUT2D eigenvalue weighted by atomic mass is 16.4. The Hall–Kier alpha value is -2.05. The first kappa shape index (κ1) is 15.0. The number of carbonyl (C=O) groups excluding carboxylic acids is 1. The van der Waals surface area contributed by atoms with E-state index in [0.29, 0.717) is 13.0 Å². The lowest BCUT2D eigenvalue weighted by molar-refractivity contribution is -0.143. The Bertz CT molecular complexity index is 471. The van der Waals surface area contributed by atoms with E-state index in [4.69, 9.17) is 5.11 Å². The summed E-state index contributed by atoms with van der Waals surface area (Å²) in [6.07, 6.45) is 3.74. The van der Waals surface area contributed by atoms with Crippen molar-refractivity contribution in [1.82, 2.24) is 19.8 Å². The SMILES string of the molecule is CCC(C)(NC(=O)N(C)Cc1nccn1C)C(=O)O. The molecule has 19 heavy (non-hydrogen) atoms. The summed E-state index contributed by atoms with van der Waals surface area (Å²) in [5.41, 5.74) is -1.26. The van der Waals surface area contributed by atoms with Crippen LogP contribution in [0.5, 0.6) is 0 Å². The van der Waals surface area contributed by atoms with Gasteiger partial charge in [-0.15, -0.1) is 0 Å². The Labute approximate surface area is 112 Å². The minimum absolute atomic E-state index is 0.310. The van der Waals surface area contributed by atoms with Crippen molar-refractivity contribution in [3.05, 3.63) is 18.2 Å². The minimum Gasteiger partial charge on any atom is -0.480 e. The van der Waals surface area contributed by atoms with Gasteiger partial charge in [0.15, 0.2) is 0 Å². The predicted molar refractivity (Wildman–Crippen MR) is 69.5 cm³/mol. The molecule has 0 spiro atoms. The third kappa shape index (κ3) is 3.46. The van der Waals surface area contributed by atoms with Gasteiger partial charge in [0.2, 0.25) is 0 Å². The highest BCUT2D eigenvalue weighted by Crippen LogP contribution is 2.10. The van der Waals surface area contributed by atoms with E-state index in [1.807, 2.05) is 7.05 Å². The number of carboxylic acids is 1. The normalized spacial score (nSPS) is 13.7. The molecular formula is C12H20N4O3. The van der Waals surface area contributed by atoms with Crippen LogP contribution in [0, 0.1) is 0 Å². The summed E-state index contributed by atoms with van der Waals surface area (Å²) in [7, 11) is 3.43. The largest absolute Gasteiger partial charge is 0.480 e. The minimum atomic E-state index is -1.26. The Morgan fingerprint density at radius 3 is 2.63 bits per heavy atom. The maximum absolute atomic E-state index is 12.0. The second kappa shape index (κ2) is 5.73. The van der Waals surface area contributed by atoms with Gasteiger partial charge >= 0.3 is 12.0 Å². The first-order valence-electron chi connectivity index (χ1n) is 6.03. The maximum atomic E-state index is 12.0. The third-order valence-electron chi connectivity index (χ3n) is 3.21. The van der Waals surface area contributed by atoms with Crippen LogP contribution in [0.2, 0.25) is 0 Å². The van der Waals surface area contributed by atoms with Gasteiger partial charge in [-0.2, -0.15) is 0 Å². The van der Waals surface area contributed by atoms with Crippen molar-refractivity contribution < 1.29 is 14.7 Å². The van der Waals surface area contributed by atoms with Crippen LogP contribution < -0.4 is 5.32 Å². The number of aromatic nitrogens is 2. The summed E-state index contributed by atoms with van der Waals surface area (Å²) < 4.78 is 1.81. The Morgan fingerprint density at radius 2 is 2.21 bits per heavy atom. The summed E-state index contributed by atoms with van der Waals surface area (Å²) in [5, 5.41) is 11.6. The summed E-state index contributed by atoms with van der Waals surface area (Å²) in [5.74, 6) is -0.320. The van der Waals surface area contributed by atoms with Gasteiger partial charge in [-0.25, -0.2) is 14.6 Å². The fraction of sp³-hybridized carbons (Fsp3) is 0.583. The lowest BCUT2D eigenvalue weighted by Crippen LogP contribution is -2.55. The molecule has 2 N–H and O–H groups in total. The van der Waals surface area contributed by atoms with Gasteiger partial charge in [-0.3, -0.25) is 0 Å². The van der Waals surface area contributed by atoms with Gasteiger partial charge in [0.25, 0.3) is 0 Å². The van der Waals surface area contributed by atoms with Crippen LogP contribution in [0.4, 0.5) is 4.79 Å². The fourth-order valence-electron chi connectivity index (χ4n) is 1.46. The quantitative estimate of drug-likeness (QED) is 0.827. The average Bonchev–Trinajstić information content (AvgIpc) is 2.74. The molecular weight excluding hydrogens is 248 g/mol. The number of nitrogens with zero attached hydrogens (tertiary/aromatic N) is 3. The number of urea groups is 1. The van der Waals surface area contributed by atoms with Crippen LogP contribution in [0.1, 0.15) is 26.1 Å². The summed E-state index contributed by atoms with van der Waals surface area (Å²) >= 11 is 0. The van der Waals surface area contributed by atoms with Crippen molar-refractivity contribution in [3.8, 4) is 0 Å². The molecule has 1 aromatic heterocycles. The van der Waals surface area contributed by atoms with Crippen molar-refractivity contribution in [1.29, 1.82) is 0 Å². The molecule has 0 saturated heterocycles. The second-order valence-corrected chi connectivity index (χ2v) is 4.73. The number of hydrogen-bond donors (Lipinski definition) is 2. The predicted octanol–water partition coefficient (Wildman–Crippen LogP) is 0.815. The molecule has 7 nitrogen and oxygen atoms in total. The third-order valence-corrected chi connectivity index (χ3v) is 3.21. The van der Waals surface area contributed by atoms with Gasteiger partial charge in [-0.05, 0) is 13.3 Å². The maximum Gasteiger partial charge on any atom is 0.329 e. The van der Waals surface area contributed by atoms with Crippen LogP contribution in [-0.4, -0.2) is 44.1 Å². The van der Waals surface area contributed by atoms with Crippen molar-refractivity contribution in [2.24, 2.45) is 7.05 Å². The number of carboxylic acid groups (broad SMARTS) is 1. The number of amides is 2. The molecule has 0 bridgehead atoms. The monoisotopic (exact) mass is 268 g/mol. The number of carbonyl (C=O) groups is 2. The molecule has 0 fully saturated rings. The zero-order valence-electron chi connectivity index (χ0n) is 11.7. The van der Waals surface area contributed by atoms with Crippen molar-refractivity contribution >= 4 is 12.0 Å². The number of aryl methyl sites for hydroxylation is 1. The van der Waals surface area contributed by atoms with Gasteiger partial charge in [0.1, 0.15) is 11.4 Å². The molecule has 0 aromatic carbocycles. The van der Waals surface area contributed by atoms with E-state index in [9.17, 15) is 9.59 Å². The zero-order valence-corrected chi connectivity index (χ0v) is 11.7. The molecule has 0 saturated carbocycles. The number of rotatable bonds is 5. The van der Waals surface area contributed by atoms with Gasteiger partial charge in [-0.1, -0.05) is 6.92 Å². The molecule has 1 rings (SSSR count). The lowest BCUT2D eigenvalue weighted by atomic mass is 10.00. The average molecular weight is 268 g/mol. The van der Waals surface area contributed by atoms with E-state index >= 15 is 0 Å². The first-order valence-corrected chi connectivity index (χ1v) is 6.03. The highest BCUT2D eigenvalue weighted by molar-refractivity contribution is 5.85. The Kier molecular flexibility index (Phi) is 4.52. The molecule has 0 radical (unpaired) electrons. The van der Waals surface area contributed by atoms with Crippen LogP contribution >= 0.6 is 0 Å². The molecule has 106 valence electrons. The van der Waals surface area contributed by atoms with Crippen molar-refractivity contribution in [2.45, 2.75) is 32.4 Å². The highest BCUT2D eigenvalue weighted by Gasteiger charge is 2.33. The van der Waals surface area contributed by atoms with Gasteiger partial charge < -0.3 is 19.9 Å². The Balaban J connectivity index is 2.68. The smallest absolute Gasteiger partial charge is 0.329 e. The molecule has 1 heterocycles. The van der Waals surface area contributed by atoms with Crippen LogP contribution in [-0.2, 0) is 18.4 Å². The molecule has 0 aliphatic carbocycles. The molecule has 7 heteroatoms. The number of aliphatic carboxylic acids is 1. The molecule has 0 aliphatic heterocycles. The van der Waals surface area contributed by atoms with Crippen molar-refractivity contribution in [3.63, 3.8) is 0 Å². The molecule has 2 amide bonds. The van der Waals surface area contributed by atoms with E-state index in [1.54, 1.807) is 30.9 Å². The zero-order chi connectivity index (χ0) is 14.6. The van der Waals surface area contributed by atoms with Crippen molar-refractivity contribution in [2.75, 3.05) is 7.05 Å². The van der Waals surface area contributed by atoms with E-state index in [0.717, 1.165) is 5.82 Å². The Morgan fingerprint density at radius 1 is 1.58 bits per heavy atom. The van der Waals surface area contributed by atoms with E-state index < -0.39 is 17.5 Å². The van der Waals surface area contributed by atoms with Crippen LogP contribution in [0.25, 0.3) is 0 Å². The summed E-state index contributed by atoms with van der Waals surface area (Å²) in [6.45, 7) is 3.52. The van der Waals surface area contributed by atoms with Gasteiger partial charge in [0, 0.05) is 26.5 Å². The molecule has 1 aromatic rings. The lowest BCUT2D eigenvalue weighted by Gasteiger charge is -2.27. The van der Waals surface area contributed by atoms with Crippen LogP contribution in [0.15, 0.2) is 12.4 Å². The summed E-state index contributed by atoms with van der Waals surface area (Å²) in [4.78, 5) is 28.6. The summed E-state index contributed by atoms with van der Waals surface area (Å²) in [6, 6.07) is -0.435. The van der Waals surface area contributed by atoms with Crippen LogP contribution in [0.3, 0.4) is 0 Å². The van der Waals surface area contributed by atoms with Gasteiger partial charge in [0.05, 0.1) is 6.54 Å². The number of imidazole rings is 1. The fourth-order valence-corrected chi connectivity index (χ4v) is 1.46. The number of nitrogens with one attached hydrogen (secondary N) is 1.